The molecule has 3 rings (SSSR count). The molecule has 0 saturated carbocycles. The summed E-state index contributed by atoms with van der Waals surface area (Å²) in [5, 5.41) is 5.91. The van der Waals surface area contributed by atoms with Gasteiger partial charge in [-0.05, 0) is 34.7 Å². The van der Waals surface area contributed by atoms with Crippen molar-refractivity contribution >= 4 is 23.1 Å². The van der Waals surface area contributed by atoms with Crippen LogP contribution in [0.15, 0.2) is 41.8 Å². The molecule has 1 unspecified atom stereocenters. The molecule has 0 spiro atoms. The van der Waals surface area contributed by atoms with E-state index in [1.165, 1.54) is 33.9 Å². The highest BCUT2D eigenvalue weighted by molar-refractivity contribution is 7.99. The third kappa shape index (κ3) is 2.97. The highest BCUT2D eigenvalue weighted by Gasteiger charge is 2.14. The standard InChI is InChI=1S/C15H17NS2/c1-2-4-12(5-3-1)13-8-15(18-10-13)9-16-14-6-7-17-11-14/h1-5,8,10,14,16H,6-7,9,11H2. The van der Waals surface area contributed by atoms with Gasteiger partial charge in [-0.15, -0.1) is 11.3 Å². The number of hydrogen-bond acceptors (Lipinski definition) is 3. The second-order valence-corrected chi connectivity index (χ2v) is 6.75. The summed E-state index contributed by atoms with van der Waals surface area (Å²) in [6, 6.07) is 13.6. The van der Waals surface area contributed by atoms with Gasteiger partial charge in [-0.2, -0.15) is 11.8 Å². The van der Waals surface area contributed by atoms with Gasteiger partial charge in [0.2, 0.25) is 0 Å². The van der Waals surface area contributed by atoms with Gasteiger partial charge in [0.1, 0.15) is 0 Å². The molecule has 0 radical (unpaired) electrons. The first kappa shape index (κ1) is 12.3. The lowest BCUT2D eigenvalue weighted by Crippen LogP contribution is -2.27. The summed E-state index contributed by atoms with van der Waals surface area (Å²) in [5.41, 5.74) is 2.66. The number of nitrogens with one attached hydrogen (secondary N) is 1. The van der Waals surface area contributed by atoms with Crippen LogP contribution in [-0.4, -0.2) is 17.5 Å². The SMILES string of the molecule is c1ccc(-c2csc(CNC3CCSC3)c2)cc1. The van der Waals surface area contributed by atoms with Gasteiger partial charge in [-0.3, -0.25) is 0 Å². The Bertz CT molecular complexity index is 486. The largest absolute Gasteiger partial charge is 0.308 e. The van der Waals surface area contributed by atoms with Crippen molar-refractivity contribution in [3.63, 3.8) is 0 Å². The second-order valence-electron chi connectivity index (χ2n) is 4.61. The molecule has 1 fully saturated rings. The predicted octanol–water partition coefficient (Wildman–Crippen LogP) is 4.01. The molecule has 1 aliphatic rings. The molecule has 1 aliphatic heterocycles. The highest BCUT2D eigenvalue weighted by Crippen LogP contribution is 2.26. The van der Waals surface area contributed by atoms with Crippen LogP contribution in [0.3, 0.4) is 0 Å². The van der Waals surface area contributed by atoms with E-state index in [0.29, 0.717) is 0 Å². The van der Waals surface area contributed by atoms with Gasteiger partial charge in [0, 0.05) is 23.2 Å². The molecule has 1 N–H and O–H groups in total. The second kappa shape index (κ2) is 5.91. The first-order valence-corrected chi connectivity index (χ1v) is 8.39. The molecule has 1 aromatic carbocycles. The van der Waals surface area contributed by atoms with Crippen LogP contribution < -0.4 is 5.32 Å². The summed E-state index contributed by atoms with van der Waals surface area (Å²) in [6.07, 6.45) is 1.32. The molecule has 94 valence electrons. The third-order valence-corrected chi connectivity index (χ3v) is 5.35. The quantitative estimate of drug-likeness (QED) is 0.905. The molecule has 0 amide bonds. The minimum Gasteiger partial charge on any atom is -0.308 e. The Morgan fingerprint density at radius 1 is 1.17 bits per heavy atom. The maximum Gasteiger partial charge on any atom is 0.0302 e. The van der Waals surface area contributed by atoms with Gasteiger partial charge in [-0.25, -0.2) is 0 Å². The van der Waals surface area contributed by atoms with Crippen molar-refractivity contribution in [1.82, 2.24) is 5.32 Å². The summed E-state index contributed by atoms with van der Waals surface area (Å²) < 4.78 is 0. The number of thiophene rings is 1. The zero-order valence-electron chi connectivity index (χ0n) is 10.3. The summed E-state index contributed by atoms with van der Waals surface area (Å²) >= 11 is 3.92. The lowest BCUT2D eigenvalue weighted by Gasteiger charge is -2.09. The van der Waals surface area contributed by atoms with E-state index in [9.17, 15) is 0 Å². The van der Waals surface area contributed by atoms with Crippen molar-refractivity contribution in [3.05, 3.63) is 46.7 Å². The van der Waals surface area contributed by atoms with Crippen molar-refractivity contribution in [2.45, 2.75) is 19.0 Å². The van der Waals surface area contributed by atoms with Crippen molar-refractivity contribution < 1.29 is 0 Å². The van der Waals surface area contributed by atoms with Crippen LogP contribution in [0, 0.1) is 0 Å². The first-order valence-electron chi connectivity index (χ1n) is 6.36. The number of benzene rings is 1. The van der Waals surface area contributed by atoms with Gasteiger partial charge in [0.15, 0.2) is 0 Å². The minimum absolute atomic E-state index is 0.720. The fourth-order valence-electron chi connectivity index (χ4n) is 2.20. The molecule has 2 aromatic rings. The van der Waals surface area contributed by atoms with Crippen LogP contribution in [0.1, 0.15) is 11.3 Å². The molecule has 1 nitrogen and oxygen atoms in total. The number of thioether (sulfide) groups is 1. The topological polar surface area (TPSA) is 12.0 Å². The summed E-state index contributed by atoms with van der Waals surface area (Å²) in [7, 11) is 0. The van der Waals surface area contributed by atoms with E-state index in [0.717, 1.165) is 12.6 Å². The van der Waals surface area contributed by atoms with Crippen LogP contribution in [0.5, 0.6) is 0 Å². The Hall–Kier alpha value is -0.770. The predicted molar refractivity (Wildman–Crippen MR) is 82.3 cm³/mol. The van der Waals surface area contributed by atoms with Gasteiger partial charge >= 0.3 is 0 Å². The molecule has 18 heavy (non-hydrogen) atoms. The Labute approximate surface area is 117 Å². The Kier molecular flexibility index (Phi) is 4.03. The lowest BCUT2D eigenvalue weighted by atomic mass is 10.1. The fraction of sp³-hybridized carbons (Fsp3) is 0.333. The molecular weight excluding hydrogens is 258 g/mol. The molecular formula is C15H17NS2. The molecule has 1 atom stereocenters. The van der Waals surface area contributed by atoms with Crippen molar-refractivity contribution in [1.29, 1.82) is 0 Å². The van der Waals surface area contributed by atoms with Gasteiger partial charge in [0.25, 0.3) is 0 Å². The van der Waals surface area contributed by atoms with E-state index >= 15 is 0 Å². The maximum atomic E-state index is 3.65. The summed E-state index contributed by atoms with van der Waals surface area (Å²) in [4.78, 5) is 1.44. The zero-order valence-corrected chi connectivity index (χ0v) is 11.9. The van der Waals surface area contributed by atoms with Crippen LogP contribution in [0.4, 0.5) is 0 Å². The minimum atomic E-state index is 0.720. The average Bonchev–Trinajstić information content (AvgIpc) is 3.09. The van der Waals surface area contributed by atoms with Crippen LogP contribution in [-0.2, 0) is 6.54 Å². The van der Waals surface area contributed by atoms with Gasteiger partial charge < -0.3 is 5.32 Å². The summed E-state index contributed by atoms with van der Waals surface area (Å²) in [5.74, 6) is 2.59. The Balaban J connectivity index is 1.63. The van der Waals surface area contributed by atoms with E-state index in [2.05, 4.69) is 58.9 Å². The van der Waals surface area contributed by atoms with E-state index in [1.807, 2.05) is 11.3 Å². The first-order chi connectivity index (χ1) is 8.92. The fourth-order valence-corrected chi connectivity index (χ4v) is 4.23. The highest BCUT2D eigenvalue weighted by atomic mass is 32.2. The van der Waals surface area contributed by atoms with Crippen molar-refractivity contribution in [3.8, 4) is 11.1 Å². The number of hydrogen-bond donors (Lipinski definition) is 1. The van der Waals surface area contributed by atoms with Gasteiger partial charge in [0.05, 0.1) is 0 Å². The maximum absolute atomic E-state index is 3.65. The molecule has 1 saturated heterocycles. The molecule has 0 aliphatic carbocycles. The van der Waals surface area contributed by atoms with Crippen LogP contribution in [0.2, 0.25) is 0 Å². The van der Waals surface area contributed by atoms with E-state index in [1.54, 1.807) is 0 Å². The molecule has 0 bridgehead atoms. The molecule has 2 heterocycles. The lowest BCUT2D eigenvalue weighted by molar-refractivity contribution is 0.561. The summed E-state index contributed by atoms with van der Waals surface area (Å²) in [6.45, 7) is 1.02. The van der Waals surface area contributed by atoms with Crippen LogP contribution in [0.25, 0.3) is 11.1 Å². The van der Waals surface area contributed by atoms with Gasteiger partial charge in [-0.1, -0.05) is 30.3 Å². The third-order valence-electron chi connectivity index (χ3n) is 3.26. The van der Waals surface area contributed by atoms with Crippen molar-refractivity contribution in [2.24, 2.45) is 0 Å². The van der Waals surface area contributed by atoms with E-state index in [4.69, 9.17) is 0 Å². The molecule has 3 heteroatoms. The van der Waals surface area contributed by atoms with Crippen LogP contribution >= 0.6 is 23.1 Å². The zero-order chi connectivity index (χ0) is 12.2. The normalized spacial score (nSPS) is 19.2. The average molecular weight is 275 g/mol. The number of rotatable bonds is 4. The van der Waals surface area contributed by atoms with Crippen molar-refractivity contribution in [2.75, 3.05) is 11.5 Å². The smallest absolute Gasteiger partial charge is 0.0302 e. The Morgan fingerprint density at radius 2 is 2.06 bits per heavy atom. The van der Waals surface area contributed by atoms with E-state index in [-0.39, 0.29) is 0 Å². The monoisotopic (exact) mass is 275 g/mol. The molecule has 1 aromatic heterocycles. The Morgan fingerprint density at radius 3 is 2.83 bits per heavy atom. The van der Waals surface area contributed by atoms with E-state index < -0.39 is 0 Å².